The van der Waals surface area contributed by atoms with Gasteiger partial charge in [-0.3, -0.25) is 13.9 Å². The maximum absolute atomic E-state index is 14.6. The zero-order chi connectivity index (χ0) is 23.1. The molecule has 11 nitrogen and oxygen atoms in total. The topological polar surface area (TPSA) is 184 Å². The van der Waals surface area contributed by atoms with Gasteiger partial charge in [-0.2, -0.15) is 0 Å². The fraction of sp³-hybridized carbons (Fsp3) is 0.333. The smallest absolute Gasteiger partial charge is 0.369 e. The minimum Gasteiger partial charge on any atom is -0.462 e. The lowest BCUT2D eigenvalue weighted by Gasteiger charge is -2.29. The van der Waals surface area contributed by atoms with Gasteiger partial charge in [-0.05, 0) is 19.1 Å². The Morgan fingerprint density at radius 3 is 2.30 bits per heavy atom. The zero-order valence-electron chi connectivity index (χ0n) is 15.2. The van der Waals surface area contributed by atoms with E-state index in [0.717, 1.165) is 22.9 Å². The summed E-state index contributed by atoms with van der Waals surface area (Å²) in [5.74, 6) is -2.20. The van der Waals surface area contributed by atoms with Crippen LogP contribution in [0.25, 0.3) is 10.9 Å². The van der Waals surface area contributed by atoms with Crippen LogP contribution < -0.4 is 5.43 Å². The van der Waals surface area contributed by atoms with Crippen molar-refractivity contribution in [1.82, 2.24) is 4.57 Å². The molecule has 1 heterocycles. The van der Waals surface area contributed by atoms with E-state index in [1.807, 2.05) is 0 Å². The number of pyridine rings is 1. The first-order valence-electron chi connectivity index (χ1n) is 8.17. The summed E-state index contributed by atoms with van der Waals surface area (Å²) in [5, 5.41) is 5.48. The molecule has 0 amide bonds. The van der Waals surface area contributed by atoms with Gasteiger partial charge in [0.25, 0.3) is 5.08 Å². The molecule has 2 aromatic rings. The molecule has 1 aromatic heterocycles. The van der Waals surface area contributed by atoms with E-state index in [4.69, 9.17) is 16.3 Å². The Hall–Kier alpha value is -1.62. The molecule has 0 aliphatic carbocycles. The summed E-state index contributed by atoms with van der Waals surface area (Å²) in [6.07, 6.45) is -0.463. The summed E-state index contributed by atoms with van der Waals surface area (Å²) in [5.41, 5.74) is -1.99. The Morgan fingerprint density at radius 1 is 1.23 bits per heavy atom. The molecule has 0 aliphatic rings. The molecule has 15 heteroatoms. The van der Waals surface area contributed by atoms with Gasteiger partial charge in [0.2, 0.25) is 5.43 Å². The molecular weight excluding hydrogens is 471 g/mol. The Bertz CT molecular complexity index is 1130. The van der Waals surface area contributed by atoms with Crippen LogP contribution in [0.5, 0.6) is 0 Å². The van der Waals surface area contributed by atoms with Crippen LogP contribution in [0.15, 0.2) is 23.1 Å². The highest BCUT2D eigenvalue weighted by molar-refractivity contribution is 7.72. The third-order valence-electron chi connectivity index (χ3n) is 4.25. The molecule has 0 aliphatic heterocycles. The summed E-state index contributed by atoms with van der Waals surface area (Å²) in [7, 11) is -11.5. The average molecular weight is 488 g/mol. The van der Waals surface area contributed by atoms with Crippen molar-refractivity contribution in [2.45, 2.75) is 25.0 Å². The van der Waals surface area contributed by atoms with Crippen LogP contribution in [-0.2, 0) is 20.4 Å². The number of hydrogen-bond acceptors (Lipinski definition) is 6. The van der Waals surface area contributed by atoms with E-state index in [9.17, 15) is 47.8 Å². The van der Waals surface area contributed by atoms with Crippen LogP contribution in [0.1, 0.15) is 23.7 Å². The molecule has 0 fully saturated rings. The van der Waals surface area contributed by atoms with E-state index in [1.54, 1.807) is 0 Å². The van der Waals surface area contributed by atoms with Crippen LogP contribution in [0.2, 0.25) is 5.02 Å². The Kier molecular flexibility index (Phi) is 6.97. The number of carbonyl (C=O) groups is 1. The van der Waals surface area contributed by atoms with Crippen molar-refractivity contribution in [3.63, 3.8) is 0 Å². The third kappa shape index (κ3) is 4.37. The number of benzene rings is 1. The fourth-order valence-corrected chi connectivity index (χ4v) is 4.98. The number of nitrogens with zero attached hydrogens (tertiary/aromatic N) is 1. The van der Waals surface area contributed by atoms with Gasteiger partial charge >= 0.3 is 21.2 Å². The Labute approximate surface area is 173 Å². The maximum Gasteiger partial charge on any atom is 0.369 e. The molecule has 1 aromatic carbocycles. The van der Waals surface area contributed by atoms with Crippen molar-refractivity contribution in [1.29, 1.82) is 0 Å². The number of aryl methyl sites for hydroxylation is 1. The first-order valence-corrected chi connectivity index (χ1v) is 11.8. The van der Waals surface area contributed by atoms with E-state index in [2.05, 4.69) is 0 Å². The first kappa shape index (κ1) is 24.6. The predicted octanol–water partition coefficient (Wildman–Crippen LogP) is 1.36. The van der Waals surface area contributed by atoms with E-state index < -0.39 is 66.6 Å². The zero-order valence-corrected chi connectivity index (χ0v) is 17.8. The van der Waals surface area contributed by atoms with Crippen LogP contribution in [0.3, 0.4) is 0 Å². The van der Waals surface area contributed by atoms with Crippen LogP contribution in [0.4, 0.5) is 4.39 Å². The summed E-state index contributed by atoms with van der Waals surface area (Å²) >= 11 is 5.72. The molecule has 0 saturated carbocycles. The van der Waals surface area contributed by atoms with Crippen molar-refractivity contribution in [3.05, 3.63) is 45.0 Å². The number of aliphatic hydroxyl groups is 1. The molecule has 5 N–H and O–H groups in total. The number of ether oxygens (including phenoxy) is 1. The molecule has 0 spiro atoms. The molecule has 166 valence electrons. The van der Waals surface area contributed by atoms with Crippen molar-refractivity contribution >= 4 is 43.7 Å². The Balaban J connectivity index is 2.73. The average Bonchev–Trinajstić information content (AvgIpc) is 2.61. The van der Waals surface area contributed by atoms with Crippen molar-refractivity contribution < 1.29 is 47.7 Å². The standard InChI is InChI=1S/C15H17ClFNO10P2/c1-2-28-14(20)9-7-18(6-5-15(21,29(22,23)24)30(25,26)27)12-8(13(9)19)3-4-10(16)11(12)17/h3-4,7,21H,2,5-6H2,1H3,(H2,22,23,24)(H2,25,26,27). The number of halogens is 2. The van der Waals surface area contributed by atoms with Gasteiger partial charge in [-0.1, -0.05) is 11.6 Å². The molecular formula is C15H17ClFNO10P2. The van der Waals surface area contributed by atoms with Gasteiger partial charge in [-0.25, -0.2) is 9.18 Å². The highest BCUT2D eigenvalue weighted by Gasteiger charge is 2.58. The van der Waals surface area contributed by atoms with Gasteiger partial charge in [0.1, 0.15) is 5.56 Å². The van der Waals surface area contributed by atoms with E-state index in [0.29, 0.717) is 0 Å². The lowest BCUT2D eigenvalue weighted by Crippen LogP contribution is -2.31. The van der Waals surface area contributed by atoms with Crippen molar-refractivity contribution in [2.24, 2.45) is 0 Å². The van der Waals surface area contributed by atoms with Crippen LogP contribution >= 0.6 is 26.8 Å². The third-order valence-corrected chi connectivity index (χ3v) is 8.42. The Morgan fingerprint density at radius 2 is 1.80 bits per heavy atom. The number of hydrogen-bond donors (Lipinski definition) is 5. The van der Waals surface area contributed by atoms with Gasteiger partial charge < -0.3 is 34.0 Å². The summed E-state index contributed by atoms with van der Waals surface area (Å²) in [6.45, 7) is 0.561. The van der Waals surface area contributed by atoms with E-state index in [1.165, 1.54) is 6.92 Å². The molecule has 30 heavy (non-hydrogen) atoms. The van der Waals surface area contributed by atoms with Crippen molar-refractivity contribution in [2.75, 3.05) is 6.61 Å². The number of carbonyl (C=O) groups excluding carboxylic acids is 1. The second-order valence-corrected chi connectivity index (χ2v) is 10.6. The number of esters is 1. The summed E-state index contributed by atoms with van der Waals surface area (Å²) in [6, 6.07) is 2.14. The van der Waals surface area contributed by atoms with E-state index in [-0.39, 0.29) is 12.0 Å². The quantitative estimate of drug-likeness (QED) is 0.282. The monoisotopic (exact) mass is 487 g/mol. The highest BCUT2D eigenvalue weighted by Crippen LogP contribution is 2.69. The van der Waals surface area contributed by atoms with Gasteiger partial charge in [0.15, 0.2) is 5.82 Å². The molecule has 0 bridgehead atoms. The summed E-state index contributed by atoms with van der Waals surface area (Å²) < 4.78 is 43.3. The highest BCUT2D eigenvalue weighted by atomic mass is 35.5. The first-order chi connectivity index (χ1) is 13.7. The largest absolute Gasteiger partial charge is 0.462 e. The van der Waals surface area contributed by atoms with Crippen LogP contribution in [0, 0.1) is 5.82 Å². The minimum absolute atomic E-state index is 0.0958. The number of fused-ring (bicyclic) bond motifs is 1. The SMILES string of the molecule is CCOC(=O)c1cn(CCC(O)(P(=O)(O)O)P(=O)(O)O)c2c(F)c(Cl)ccc2c1=O. The minimum atomic E-state index is -5.77. The number of aromatic nitrogens is 1. The molecule has 0 unspecified atom stereocenters. The predicted molar refractivity (Wildman–Crippen MR) is 103 cm³/mol. The van der Waals surface area contributed by atoms with E-state index >= 15 is 0 Å². The molecule has 0 atom stereocenters. The van der Waals surface area contributed by atoms with Gasteiger partial charge in [0, 0.05) is 24.5 Å². The van der Waals surface area contributed by atoms with Crippen LogP contribution in [-0.4, -0.2) is 46.9 Å². The lowest BCUT2D eigenvalue weighted by molar-refractivity contribution is 0.0523. The van der Waals surface area contributed by atoms with Gasteiger partial charge in [-0.15, -0.1) is 0 Å². The summed E-state index contributed by atoms with van der Waals surface area (Å²) in [4.78, 5) is 61.7. The lowest BCUT2D eigenvalue weighted by atomic mass is 10.1. The fourth-order valence-electron chi connectivity index (χ4n) is 2.69. The molecule has 0 saturated heterocycles. The second-order valence-electron chi connectivity index (χ2n) is 6.16. The van der Waals surface area contributed by atoms with Crippen molar-refractivity contribution in [3.8, 4) is 0 Å². The van der Waals surface area contributed by atoms with Gasteiger partial charge in [0.05, 0.1) is 17.1 Å². The number of rotatable bonds is 7. The molecule has 2 rings (SSSR count). The normalized spacial score (nSPS) is 12.9. The molecule has 0 radical (unpaired) electrons. The second kappa shape index (κ2) is 8.49. The maximum atomic E-state index is 14.6.